The highest BCUT2D eigenvalue weighted by Gasteiger charge is 2.21. The van der Waals surface area contributed by atoms with Crippen LogP contribution in [0.5, 0.6) is 0 Å². The zero-order valence-electron chi connectivity index (χ0n) is 12.3. The van der Waals surface area contributed by atoms with E-state index in [0.717, 1.165) is 30.8 Å². The minimum Gasteiger partial charge on any atom is -0.326 e. The van der Waals surface area contributed by atoms with E-state index < -0.39 is 0 Å². The van der Waals surface area contributed by atoms with E-state index in [1.165, 1.54) is 0 Å². The summed E-state index contributed by atoms with van der Waals surface area (Å²) < 4.78 is 0. The highest BCUT2D eigenvalue weighted by molar-refractivity contribution is 5.96. The zero-order chi connectivity index (χ0) is 14.5. The maximum absolute atomic E-state index is 11.9. The molecule has 0 spiro atoms. The molecule has 21 heavy (non-hydrogen) atoms. The van der Waals surface area contributed by atoms with Gasteiger partial charge in [-0.3, -0.25) is 9.59 Å². The van der Waals surface area contributed by atoms with Crippen molar-refractivity contribution in [3.8, 4) is 0 Å². The first-order valence-electron chi connectivity index (χ1n) is 7.01. The van der Waals surface area contributed by atoms with Gasteiger partial charge in [-0.25, -0.2) is 0 Å². The second-order valence-electron chi connectivity index (χ2n) is 5.36. The normalized spacial score (nSPS) is 17.2. The molecular weight excluding hydrogens is 290 g/mol. The number of amides is 2. The predicted octanol–water partition coefficient (Wildman–Crippen LogP) is 2.39. The van der Waals surface area contributed by atoms with Crippen LogP contribution in [0.1, 0.15) is 26.7 Å². The molecule has 1 heterocycles. The number of nitrogens with one attached hydrogen (secondary N) is 3. The van der Waals surface area contributed by atoms with Crippen LogP contribution in [0.4, 0.5) is 11.4 Å². The fourth-order valence-electron chi connectivity index (χ4n) is 2.06. The predicted molar refractivity (Wildman–Crippen MR) is 86.8 cm³/mol. The van der Waals surface area contributed by atoms with Crippen LogP contribution in [-0.4, -0.2) is 24.4 Å². The highest BCUT2D eigenvalue weighted by atomic mass is 35.5. The van der Waals surface area contributed by atoms with Crippen molar-refractivity contribution < 1.29 is 9.59 Å². The molecule has 6 heteroatoms. The molecule has 1 aliphatic heterocycles. The largest absolute Gasteiger partial charge is 0.326 e. The van der Waals surface area contributed by atoms with E-state index in [0.29, 0.717) is 0 Å². The lowest BCUT2D eigenvalue weighted by molar-refractivity contribution is -0.119. The van der Waals surface area contributed by atoms with Gasteiger partial charge in [-0.2, -0.15) is 0 Å². The number of rotatable bonds is 4. The molecule has 1 fully saturated rings. The molecule has 0 bridgehead atoms. The lowest BCUT2D eigenvalue weighted by Gasteiger charge is -2.12. The standard InChI is InChI=1S/C15H21N3O2.ClH/c1-10(2)14(19)17-11-5-7-12(8-6-11)18-15(20)13-4-3-9-16-13;/h5-8,10,13,16H,3-4,9H2,1-2H3,(H,17,19)(H,18,20);1H. The monoisotopic (exact) mass is 311 g/mol. The summed E-state index contributed by atoms with van der Waals surface area (Å²) in [5.41, 5.74) is 1.48. The average Bonchev–Trinajstić information content (AvgIpc) is 2.95. The summed E-state index contributed by atoms with van der Waals surface area (Å²) in [4.78, 5) is 23.5. The van der Waals surface area contributed by atoms with Crippen molar-refractivity contribution in [3.63, 3.8) is 0 Å². The SMILES string of the molecule is CC(C)C(=O)Nc1ccc(NC(=O)C2CCCN2)cc1.Cl. The van der Waals surface area contributed by atoms with Crippen LogP contribution < -0.4 is 16.0 Å². The summed E-state index contributed by atoms with van der Waals surface area (Å²) in [6.07, 6.45) is 1.92. The molecule has 3 N–H and O–H groups in total. The number of anilines is 2. The van der Waals surface area contributed by atoms with Gasteiger partial charge in [-0.05, 0) is 43.7 Å². The Balaban J connectivity index is 0.00000220. The molecule has 2 rings (SSSR count). The average molecular weight is 312 g/mol. The number of carbonyl (C=O) groups is 2. The van der Waals surface area contributed by atoms with E-state index in [2.05, 4.69) is 16.0 Å². The first-order chi connectivity index (χ1) is 9.56. The van der Waals surface area contributed by atoms with Crippen LogP contribution in [0.2, 0.25) is 0 Å². The highest BCUT2D eigenvalue weighted by Crippen LogP contribution is 2.15. The van der Waals surface area contributed by atoms with E-state index in [-0.39, 0.29) is 36.2 Å². The third kappa shape index (κ3) is 5.02. The maximum Gasteiger partial charge on any atom is 0.241 e. The van der Waals surface area contributed by atoms with Gasteiger partial charge in [0.05, 0.1) is 6.04 Å². The van der Waals surface area contributed by atoms with Crippen molar-refractivity contribution >= 4 is 35.6 Å². The number of benzene rings is 1. The Labute approximate surface area is 131 Å². The molecular formula is C15H22ClN3O2. The number of hydrogen-bond acceptors (Lipinski definition) is 3. The molecule has 1 atom stereocenters. The summed E-state index contributed by atoms with van der Waals surface area (Å²) in [6, 6.07) is 7.08. The van der Waals surface area contributed by atoms with Crippen LogP contribution >= 0.6 is 12.4 Å². The molecule has 0 saturated carbocycles. The van der Waals surface area contributed by atoms with Crippen LogP contribution in [-0.2, 0) is 9.59 Å². The minimum absolute atomic E-state index is 0. The van der Waals surface area contributed by atoms with Crippen molar-refractivity contribution in [3.05, 3.63) is 24.3 Å². The quantitative estimate of drug-likeness (QED) is 0.799. The first kappa shape index (κ1) is 17.5. The first-order valence-corrected chi connectivity index (χ1v) is 7.01. The van der Waals surface area contributed by atoms with Crippen LogP contribution in [0.25, 0.3) is 0 Å². The lowest BCUT2D eigenvalue weighted by atomic mass is 10.2. The Morgan fingerprint density at radius 1 is 1.14 bits per heavy atom. The molecule has 116 valence electrons. The van der Waals surface area contributed by atoms with E-state index >= 15 is 0 Å². The molecule has 0 radical (unpaired) electrons. The molecule has 1 aliphatic rings. The zero-order valence-corrected chi connectivity index (χ0v) is 13.1. The number of hydrogen-bond donors (Lipinski definition) is 3. The van der Waals surface area contributed by atoms with E-state index in [4.69, 9.17) is 0 Å². The molecule has 1 saturated heterocycles. The summed E-state index contributed by atoms with van der Waals surface area (Å²) in [5.74, 6) is -0.0683. The van der Waals surface area contributed by atoms with Gasteiger partial charge in [0.2, 0.25) is 11.8 Å². The number of halogens is 1. The molecule has 1 aromatic rings. The van der Waals surface area contributed by atoms with Gasteiger partial charge in [0, 0.05) is 17.3 Å². The van der Waals surface area contributed by atoms with Crippen molar-refractivity contribution in [1.29, 1.82) is 0 Å². The molecule has 1 unspecified atom stereocenters. The van der Waals surface area contributed by atoms with Crippen molar-refractivity contribution in [2.75, 3.05) is 17.2 Å². The van der Waals surface area contributed by atoms with Crippen molar-refractivity contribution in [1.82, 2.24) is 5.32 Å². The van der Waals surface area contributed by atoms with Gasteiger partial charge in [0.1, 0.15) is 0 Å². The summed E-state index contributed by atoms with van der Waals surface area (Å²) in [6.45, 7) is 4.59. The van der Waals surface area contributed by atoms with Crippen LogP contribution in [0.3, 0.4) is 0 Å². The fourth-order valence-corrected chi connectivity index (χ4v) is 2.06. The van der Waals surface area contributed by atoms with Gasteiger partial charge < -0.3 is 16.0 Å². The maximum atomic E-state index is 11.9. The van der Waals surface area contributed by atoms with Crippen LogP contribution in [0, 0.1) is 5.92 Å². The molecule has 0 aliphatic carbocycles. The van der Waals surface area contributed by atoms with Crippen molar-refractivity contribution in [2.24, 2.45) is 5.92 Å². The molecule has 5 nitrogen and oxygen atoms in total. The summed E-state index contributed by atoms with van der Waals surface area (Å²) >= 11 is 0. The smallest absolute Gasteiger partial charge is 0.241 e. The summed E-state index contributed by atoms with van der Waals surface area (Å²) in [5, 5.41) is 8.84. The Morgan fingerprint density at radius 2 is 1.71 bits per heavy atom. The van der Waals surface area contributed by atoms with E-state index in [1.807, 2.05) is 13.8 Å². The van der Waals surface area contributed by atoms with E-state index in [1.54, 1.807) is 24.3 Å². The molecule has 0 aromatic heterocycles. The van der Waals surface area contributed by atoms with Crippen LogP contribution in [0.15, 0.2) is 24.3 Å². The fraction of sp³-hybridized carbons (Fsp3) is 0.467. The third-order valence-corrected chi connectivity index (χ3v) is 3.32. The van der Waals surface area contributed by atoms with Gasteiger partial charge in [-0.1, -0.05) is 13.8 Å². The van der Waals surface area contributed by atoms with Gasteiger partial charge in [-0.15, -0.1) is 12.4 Å². The molecule has 2 amide bonds. The third-order valence-electron chi connectivity index (χ3n) is 3.32. The molecule has 1 aromatic carbocycles. The van der Waals surface area contributed by atoms with Crippen molar-refractivity contribution in [2.45, 2.75) is 32.7 Å². The minimum atomic E-state index is -0.0877. The van der Waals surface area contributed by atoms with Gasteiger partial charge in [0.15, 0.2) is 0 Å². The number of carbonyl (C=O) groups excluding carboxylic acids is 2. The Kier molecular flexibility index (Phi) is 6.65. The topological polar surface area (TPSA) is 70.2 Å². The van der Waals surface area contributed by atoms with Gasteiger partial charge >= 0.3 is 0 Å². The Bertz CT molecular complexity index is 482. The summed E-state index contributed by atoms with van der Waals surface area (Å²) in [7, 11) is 0. The van der Waals surface area contributed by atoms with E-state index in [9.17, 15) is 9.59 Å². The van der Waals surface area contributed by atoms with Gasteiger partial charge in [0.25, 0.3) is 0 Å². The second kappa shape index (κ2) is 8.00. The Hall–Kier alpha value is -1.59. The lowest BCUT2D eigenvalue weighted by Crippen LogP contribution is -2.35. The Morgan fingerprint density at radius 3 is 2.19 bits per heavy atom. The second-order valence-corrected chi connectivity index (χ2v) is 5.36.